The van der Waals surface area contributed by atoms with E-state index in [2.05, 4.69) is 48.5 Å². The molecular weight excluding hydrogens is 391 g/mol. The van der Waals surface area contributed by atoms with Crippen molar-refractivity contribution in [3.63, 3.8) is 0 Å². The van der Waals surface area contributed by atoms with Gasteiger partial charge in [0, 0.05) is 9.79 Å². The van der Waals surface area contributed by atoms with Gasteiger partial charge in [-0.25, -0.2) is 9.59 Å². The number of carboxylic acids is 2. The number of carboxylic acid groups (broad SMARTS) is 2. The van der Waals surface area contributed by atoms with Crippen molar-refractivity contribution in [2.45, 2.75) is 9.79 Å². The van der Waals surface area contributed by atoms with Crippen LogP contribution in [0.3, 0.4) is 0 Å². The van der Waals surface area contributed by atoms with Gasteiger partial charge in [-0.3, -0.25) is 0 Å². The average Bonchev–Trinajstić information content (AvgIpc) is 2.64. The van der Waals surface area contributed by atoms with Gasteiger partial charge in [-0.15, -0.1) is 0 Å². The summed E-state index contributed by atoms with van der Waals surface area (Å²) in [6.45, 7) is 0. The third kappa shape index (κ3) is 9.34. The average molecular weight is 411 g/mol. The molecule has 0 saturated carbocycles. The summed E-state index contributed by atoms with van der Waals surface area (Å²) in [7, 11) is 0. The predicted octanol–water partition coefficient (Wildman–Crippen LogP) is 1.21. The van der Waals surface area contributed by atoms with Gasteiger partial charge < -0.3 is 17.1 Å². The molecule has 0 unspecified atom stereocenters. The molecule has 3 rings (SSSR count). The maximum Gasteiger partial charge on any atom is 1.00 e. The molecule has 3 aromatic rings. The fourth-order valence-corrected chi connectivity index (χ4v) is 2.76. The van der Waals surface area contributed by atoms with Crippen molar-refractivity contribution < 1.29 is 78.1 Å². The van der Waals surface area contributed by atoms with Crippen LogP contribution in [0.15, 0.2) is 94.7 Å². The van der Waals surface area contributed by atoms with Gasteiger partial charge in [0.1, 0.15) is 0 Å². The number of rotatable bonds is 4. The zero-order chi connectivity index (χ0) is 18.1. The number of aromatic carboxylic acids is 2. The minimum absolute atomic E-state index is 0. The Labute approximate surface area is 205 Å². The Morgan fingerprint density at radius 1 is 0.667 bits per heavy atom. The van der Waals surface area contributed by atoms with E-state index in [4.69, 9.17) is 10.2 Å². The molecule has 0 heterocycles. The van der Waals surface area contributed by atoms with E-state index in [0.717, 1.165) is 6.07 Å². The van der Waals surface area contributed by atoms with Crippen molar-refractivity contribution in [3.8, 4) is 0 Å². The van der Waals surface area contributed by atoms with Crippen LogP contribution >= 0.6 is 11.8 Å². The third-order valence-electron chi connectivity index (χ3n) is 3.08. The Morgan fingerprint density at radius 3 is 1.37 bits per heavy atom. The second-order valence-electron chi connectivity index (χ2n) is 4.92. The third-order valence-corrected chi connectivity index (χ3v) is 4.09. The van der Waals surface area contributed by atoms with Crippen LogP contribution in [0.4, 0.5) is 0 Å². The first-order chi connectivity index (χ1) is 12.1. The smallest absolute Gasteiger partial charge is 1.00 e. The van der Waals surface area contributed by atoms with Gasteiger partial charge in [0.15, 0.2) is 0 Å². The first kappa shape index (κ1) is 25.5. The number of carbonyl (C=O) groups is 2. The summed E-state index contributed by atoms with van der Waals surface area (Å²) in [5.74, 6) is -2.25. The fraction of sp³-hybridized carbons (Fsp3) is 0. The van der Waals surface area contributed by atoms with Crippen LogP contribution in [-0.4, -0.2) is 27.6 Å². The second kappa shape index (κ2) is 13.7. The largest absolute Gasteiger partial charge is 1.00 e. The summed E-state index contributed by atoms with van der Waals surface area (Å²) in [6, 6.07) is 26.0. The van der Waals surface area contributed by atoms with Crippen LogP contribution < -0.4 is 51.4 Å². The molecule has 0 fully saturated rings. The first-order valence-electron chi connectivity index (χ1n) is 7.41. The Balaban J connectivity index is 0. The molecule has 0 amide bonds. The zero-order valence-electron chi connectivity index (χ0n) is 15.7. The van der Waals surface area contributed by atoms with Crippen LogP contribution in [0.25, 0.3) is 0 Å². The standard InChI is InChI=1S/C12H10S.C8H6O4.K.H2O.H/c1-3-7-11(8-4-1)13-12-9-5-2-6-10-12;9-7(10)5-2-1-3-6(4-5)8(11)12;;;/h1-10H;1-4H,(H,9,10)(H,11,12);;1H2;/q;;+1;;-1. The van der Waals surface area contributed by atoms with Crippen molar-refractivity contribution in [1.82, 2.24) is 0 Å². The quantitative estimate of drug-likeness (QED) is 0.629. The van der Waals surface area contributed by atoms with Crippen LogP contribution in [0.1, 0.15) is 22.1 Å². The summed E-state index contributed by atoms with van der Waals surface area (Å²) < 4.78 is 0. The maximum absolute atomic E-state index is 10.4. The minimum Gasteiger partial charge on any atom is -1.00 e. The molecule has 0 aliphatic carbocycles. The summed E-state index contributed by atoms with van der Waals surface area (Å²) >= 11 is 1.79. The SMILES string of the molecule is O.O=C(O)c1cccc(C(=O)O)c1.[H-].[K+].c1ccc(Sc2ccccc2)cc1. The van der Waals surface area contributed by atoms with E-state index in [-0.39, 0.29) is 69.4 Å². The van der Waals surface area contributed by atoms with E-state index in [9.17, 15) is 9.59 Å². The Bertz CT molecular complexity index is 781. The Hall–Kier alpha value is -1.45. The molecule has 7 heteroatoms. The van der Waals surface area contributed by atoms with Crippen LogP contribution in [0, 0.1) is 0 Å². The fourth-order valence-electron chi connectivity index (χ4n) is 1.90. The molecule has 27 heavy (non-hydrogen) atoms. The van der Waals surface area contributed by atoms with E-state index in [1.807, 2.05) is 12.1 Å². The number of hydrogen-bond donors (Lipinski definition) is 2. The molecule has 0 radical (unpaired) electrons. The Morgan fingerprint density at radius 2 is 1.04 bits per heavy atom. The van der Waals surface area contributed by atoms with Crippen molar-refractivity contribution in [2.75, 3.05) is 0 Å². The molecule has 0 spiro atoms. The molecule has 0 aromatic heterocycles. The first-order valence-corrected chi connectivity index (χ1v) is 8.22. The summed E-state index contributed by atoms with van der Waals surface area (Å²) in [4.78, 5) is 23.3. The second-order valence-corrected chi connectivity index (χ2v) is 6.07. The normalized spacial score (nSPS) is 8.89. The van der Waals surface area contributed by atoms with Gasteiger partial charge in [-0.2, -0.15) is 0 Å². The number of benzene rings is 3. The Kier molecular flexibility index (Phi) is 12.9. The molecule has 0 saturated heterocycles. The minimum atomic E-state index is -1.13. The molecule has 136 valence electrons. The van der Waals surface area contributed by atoms with Gasteiger partial charge in [-0.1, -0.05) is 54.2 Å². The summed E-state index contributed by atoms with van der Waals surface area (Å²) in [5.41, 5.74) is -0.0372. The van der Waals surface area contributed by atoms with Gasteiger partial charge in [0.25, 0.3) is 0 Å². The maximum atomic E-state index is 10.4. The van der Waals surface area contributed by atoms with Gasteiger partial charge in [-0.05, 0) is 42.5 Å². The summed E-state index contributed by atoms with van der Waals surface area (Å²) in [5, 5.41) is 17.0. The molecular formula is C20H19KO5S. The topological polar surface area (TPSA) is 106 Å². The van der Waals surface area contributed by atoms with Crippen LogP contribution in [-0.2, 0) is 0 Å². The van der Waals surface area contributed by atoms with Gasteiger partial charge >= 0.3 is 63.3 Å². The van der Waals surface area contributed by atoms with E-state index < -0.39 is 11.9 Å². The zero-order valence-corrected chi connectivity index (χ0v) is 18.6. The molecule has 0 aliphatic rings. The van der Waals surface area contributed by atoms with E-state index >= 15 is 0 Å². The molecule has 0 aliphatic heterocycles. The molecule has 3 aromatic carbocycles. The van der Waals surface area contributed by atoms with Crippen LogP contribution in [0.2, 0.25) is 0 Å². The van der Waals surface area contributed by atoms with E-state index in [1.54, 1.807) is 11.8 Å². The monoisotopic (exact) mass is 410 g/mol. The van der Waals surface area contributed by atoms with Crippen molar-refractivity contribution in [1.29, 1.82) is 0 Å². The molecule has 0 atom stereocenters. The van der Waals surface area contributed by atoms with Gasteiger partial charge in [0.05, 0.1) is 11.1 Å². The summed E-state index contributed by atoms with van der Waals surface area (Å²) in [6.07, 6.45) is 0. The van der Waals surface area contributed by atoms with Crippen molar-refractivity contribution in [2.24, 2.45) is 0 Å². The van der Waals surface area contributed by atoms with Crippen LogP contribution in [0.5, 0.6) is 0 Å². The van der Waals surface area contributed by atoms with Crippen molar-refractivity contribution >= 4 is 23.7 Å². The molecule has 4 N–H and O–H groups in total. The molecule has 0 bridgehead atoms. The predicted molar refractivity (Wildman–Crippen MR) is 102 cm³/mol. The van der Waals surface area contributed by atoms with E-state index in [0.29, 0.717) is 0 Å². The molecule has 5 nitrogen and oxygen atoms in total. The van der Waals surface area contributed by atoms with Crippen molar-refractivity contribution in [3.05, 3.63) is 96.1 Å². The van der Waals surface area contributed by atoms with Gasteiger partial charge in [0.2, 0.25) is 0 Å². The number of hydrogen-bond acceptors (Lipinski definition) is 3. The van der Waals surface area contributed by atoms with E-state index in [1.165, 1.54) is 28.0 Å².